The molecule has 1 amide bonds. The molecule has 0 aliphatic carbocycles. The summed E-state index contributed by atoms with van der Waals surface area (Å²) in [6, 6.07) is 0. The highest BCUT2D eigenvalue weighted by atomic mass is 32.2. The lowest BCUT2D eigenvalue weighted by Gasteiger charge is -2.09. The number of thiol groups is 2. The predicted molar refractivity (Wildman–Crippen MR) is 40.3 cm³/mol. The Bertz CT molecular complexity index is 318. The van der Waals surface area contributed by atoms with E-state index < -0.39 is 37.6 Å². The smallest absolute Gasteiger partial charge is 0.262 e. The second-order valence-corrected chi connectivity index (χ2v) is 3.63. The lowest BCUT2D eigenvalue weighted by molar-refractivity contribution is -0.176. The summed E-state index contributed by atoms with van der Waals surface area (Å²) in [4.78, 5) is 10.1. The minimum absolute atomic E-state index is 0. The van der Waals surface area contributed by atoms with Gasteiger partial charge in [0.15, 0.2) is 0 Å². The van der Waals surface area contributed by atoms with Crippen molar-refractivity contribution in [3.05, 3.63) is 0 Å². The second kappa shape index (κ2) is 5.14. The SMILES string of the molecule is C.O=C(N([SH](=O)=O)[SH](=O)=O)C(F)(F)F. The highest BCUT2D eigenvalue weighted by Gasteiger charge is 2.45. The zero-order valence-corrected chi connectivity index (χ0v) is 7.31. The summed E-state index contributed by atoms with van der Waals surface area (Å²) in [5.74, 6) is -2.96. The standard InChI is InChI=1S/C2H2F3NO5S2.CH4/c3-2(4,5)1(7)6(12(8)9)13(10)11;/h12-13H;1H4. The molecule has 0 fully saturated rings. The number of carbonyl (C=O) groups is 1. The van der Waals surface area contributed by atoms with Crippen molar-refractivity contribution in [2.24, 2.45) is 0 Å². The van der Waals surface area contributed by atoms with Crippen molar-refractivity contribution >= 4 is 27.7 Å². The van der Waals surface area contributed by atoms with Gasteiger partial charge in [0.05, 0.1) is 0 Å². The summed E-state index contributed by atoms with van der Waals surface area (Å²) in [6.07, 6.45) is -5.54. The molecule has 0 bridgehead atoms. The number of hydrogen-bond acceptors (Lipinski definition) is 5. The molecule has 0 unspecified atom stereocenters. The fourth-order valence-electron chi connectivity index (χ4n) is 0.321. The van der Waals surface area contributed by atoms with Gasteiger partial charge in [-0.2, -0.15) is 13.2 Å². The van der Waals surface area contributed by atoms with Gasteiger partial charge in [0.2, 0.25) is 21.8 Å². The first-order valence-corrected chi connectivity index (χ1v) is 4.64. The first kappa shape index (κ1) is 15.6. The summed E-state index contributed by atoms with van der Waals surface area (Å²) < 4.78 is 72.8. The molecule has 0 N–H and O–H groups in total. The number of nitrogens with zero attached hydrogens (tertiary/aromatic N) is 1. The Morgan fingerprint density at radius 1 is 1.00 bits per heavy atom. The van der Waals surface area contributed by atoms with E-state index in [0.717, 1.165) is 0 Å². The molecular weight excluding hydrogens is 251 g/mol. The highest BCUT2D eigenvalue weighted by Crippen LogP contribution is 2.18. The van der Waals surface area contributed by atoms with Crippen LogP contribution in [0.5, 0.6) is 0 Å². The molecule has 0 aliphatic heterocycles. The summed E-state index contributed by atoms with van der Waals surface area (Å²) in [7, 11) is -8.28. The maximum Gasteiger partial charge on any atom is 0.473 e. The zero-order chi connectivity index (χ0) is 10.8. The van der Waals surface area contributed by atoms with Gasteiger partial charge in [0.1, 0.15) is 0 Å². The molecule has 0 heterocycles. The Hall–Kier alpha value is -0.840. The van der Waals surface area contributed by atoms with E-state index >= 15 is 0 Å². The molecule has 6 nitrogen and oxygen atoms in total. The topological polar surface area (TPSA) is 88.6 Å². The Balaban J connectivity index is 0. The van der Waals surface area contributed by atoms with Gasteiger partial charge in [-0.3, -0.25) is 4.79 Å². The largest absolute Gasteiger partial charge is 0.473 e. The monoisotopic (exact) mass is 257 g/mol. The van der Waals surface area contributed by atoms with Crippen molar-refractivity contribution in [1.82, 2.24) is 3.71 Å². The van der Waals surface area contributed by atoms with E-state index in [1.165, 1.54) is 0 Å². The number of hydrogen-bond donors (Lipinski definition) is 2. The predicted octanol–water partition coefficient (Wildman–Crippen LogP) is -0.934. The van der Waals surface area contributed by atoms with Gasteiger partial charge in [-0.15, -0.1) is 3.71 Å². The van der Waals surface area contributed by atoms with E-state index in [1.807, 2.05) is 0 Å². The van der Waals surface area contributed by atoms with Crippen molar-refractivity contribution in [2.75, 3.05) is 0 Å². The van der Waals surface area contributed by atoms with Gasteiger partial charge in [0, 0.05) is 0 Å². The number of rotatable bonds is 2. The van der Waals surface area contributed by atoms with Gasteiger partial charge in [-0.05, 0) is 0 Å². The number of amides is 1. The molecule has 0 aliphatic rings. The van der Waals surface area contributed by atoms with E-state index in [9.17, 15) is 34.8 Å². The molecule has 0 atom stereocenters. The molecule has 86 valence electrons. The normalized spacial score (nSPS) is 11.2. The lowest BCUT2D eigenvalue weighted by atomic mass is 10.6. The van der Waals surface area contributed by atoms with Crippen LogP contribution in [0.4, 0.5) is 13.2 Å². The molecule has 14 heavy (non-hydrogen) atoms. The van der Waals surface area contributed by atoms with Crippen molar-refractivity contribution < 1.29 is 34.8 Å². The van der Waals surface area contributed by atoms with Crippen LogP contribution in [0.25, 0.3) is 0 Å². The summed E-state index contributed by atoms with van der Waals surface area (Å²) in [5.41, 5.74) is 0. The Labute approximate surface area is 80.5 Å². The van der Waals surface area contributed by atoms with E-state index in [0.29, 0.717) is 0 Å². The van der Waals surface area contributed by atoms with Gasteiger partial charge in [0.25, 0.3) is 0 Å². The van der Waals surface area contributed by atoms with Crippen LogP contribution in [-0.4, -0.2) is 32.6 Å². The van der Waals surface area contributed by atoms with Gasteiger partial charge in [-0.25, -0.2) is 16.8 Å². The first-order valence-electron chi connectivity index (χ1n) is 2.37. The van der Waals surface area contributed by atoms with Crippen molar-refractivity contribution in [1.29, 1.82) is 0 Å². The molecule has 0 spiro atoms. The third kappa shape index (κ3) is 3.91. The second-order valence-electron chi connectivity index (χ2n) is 1.57. The molecule has 0 saturated heterocycles. The van der Waals surface area contributed by atoms with Crippen LogP contribution in [0.2, 0.25) is 0 Å². The minimum atomic E-state index is -5.54. The van der Waals surface area contributed by atoms with Gasteiger partial charge < -0.3 is 0 Å². The van der Waals surface area contributed by atoms with E-state index in [4.69, 9.17) is 0 Å². The molecule has 11 heteroatoms. The summed E-state index contributed by atoms with van der Waals surface area (Å²) in [5, 5.41) is 0. The Kier molecular flexibility index (Phi) is 5.74. The average Bonchev–Trinajstić information content (AvgIpc) is 1.82. The quantitative estimate of drug-likeness (QED) is 0.624. The number of alkyl halides is 3. The molecule has 0 saturated carbocycles. The van der Waals surface area contributed by atoms with Gasteiger partial charge in [-0.1, -0.05) is 7.43 Å². The maximum atomic E-state index is 11.5. The summed E-state index contributed by atoms with van der Waals surface area (Å²) >= 11 is 0. The van der Waals surface area contributed by atoms with Crippen LogP contribution < -0.4 is 0 Å². The third-order valence-corrected chi connectivity index (χ3v) is 2.59. The number of halogens is 3. The fourth-order valence-corrected chi connectivity index (χ4v) is 1.32. The summed E-state index contributed by atoms with van der Waals surface area (Å²) in [6.45, 7) is 0. The van der Waals surface area contributed by atoms with Gasteiger partial charge >= 0.3 is 12.1 Å². The highest BCUT2D eigenvalue weighted by molar-refractivity contribution is 7.86. The first-order chi connectivity index (χ1) is 5.68. The Morgan fingerprint density at radius 2 is 1.29 bits per heavy atom. The van der Waals surface area contributed by atoms with Crippen molar-refractivity contribution in [3.8, 4) is 0 Å². The van der Waals surface area contributed by atoms with Crippen LogP contribution in [0.1, 0.15) is 7.43 Å². The molecular formula is C3H6F3NO5S2. The lowest BCUT2D eigenvalue weighted by Crippen LogP contribution is -2.39. The van der Waals surface area contributed by atoms with E-state index in [2.05, 4.69) is 0 Å². The molecule has 0 rings (SSSR count). The average molecular weight is 257 g/mol. The van der Waals surface area contributed by atoms with Crippen LogP contribution >= 0.6 is 0 Å². The molecule has 0 radical (unpaired) electrons. The fraction of sp³-hybridized carbons (Fsp3) is 0.667. The van der Waals surface area contributed by atoms with Crippen LogP contribution in [-0.2, 0) is 26.6 Å². The maximum absolute atomic E-state index is 11.5. The third-order valence-electron chi connectivity index (χ3n) is 0.734. The van der Waals surface area contributed by atoms with Crippen LogP contribution in [0.3, 0.4) is 0 Å². The van der Waals surface area contributed by atoms with Crippen LogP contribution in [0.15, 0.2) is 0 Å². The number of carbonyl (C=O) groups excluding carboxylic acids is 1. The molecule has 0 aromatic heterocycles. The Morgan fingerprint density at radius 3 is 1.36 bits per heavy atom. The van der Waals surface area contributed by atoms with E-state index in [1.54, 1.807) is 0 Å². The van der Waals surface area contributed by atoms with E-state index in [-0.39, 0.29) is 7.43 Å². The molecule has 0 aromatic carbocycles. The van der Waals surface area contributed by atoms with Crippen molar-refractivity contribution in [3.63, 3.8) is 0 Å². The van der Waals surface area contributed by atoms with Crippen molar-refractivity contribution in [2.45, 2.75) is 13.6 Å². The minimum Gasteiger partial charge on any atom is -0.262 e. The van der Waals surface area contributed by atoms with Crippen LogP contribution in [0, 0.1) is 0 Å². The zero-order valence-electron chi connectivity index (χ0n) is 5.52. The molecule has 0 aromatic rings.